The number of aliphatic hydroxyl groups excluding tert-OH is 1. The molecule has 1 fully saturated rings. The van der Waals surface area contributed by atoms with Crippen LogP contribution in [0.25, 0.3) is 16.2 Å². The number of imidazole rings is 1. The summed E-state index contributed by atoms with van der Waals surface area (Å²) < 4.78 is 66.9. The second kappa shape index (κ2) is 6.74. The fourth-order valence-electron chi connectivity index (χ4n) is 3.44. The highest BCUT2D eigenvalue weighted by molar-refractivity contribution is 7.93. The molecule has 0 bridgehead atoms. The Hall–Kier alpha value is -2.02. The lowest BCUT2D eigenvalue weighted by Crippen LogP contribution is -2.29. The van der Waals surface area contributed by atoms with E-state index >= 15 is 0 Å². The summed E-state index contributed by atoms with van der Waals surface area (Å²) in [7, 11) is -4.45. The number of sulfone groups is 1. The van der Waals surface area contributed by atoms with E-state index in [1.54, 1.807) is 20.8 Å². The van der Waals surface area contributed by atoms with E-state index < -0.39 is 43.4 Å². The molecule has 4 rings (SSSR count). The molecule has 2 heterocycles. The maximum Gasteiger partial charge on any atom is 0.417 e. The van der Waals surface area contributed by atoms with Gasteiger partial charge in [-0.1, -0.05) is 17.4 Å². The van der Waals surface area contributed by atoms with Crippen molar-refractivity contribution in [1.82, 2.24) is 14.6 Å². The first-order chi connectivity index (χ1) is 14.2. The van der Waals surface area contributed by atoms with Gasteiger partial charge in [0.1, 0.15) is 10.6 Å². The quantitative estimate of drug-likeness (QED) is 0.587. The molecule has 31 heavy (non-hydrogen) atoms. The summed E-state index contributed by atoms with van der Waals surface area (Å²) in [6.45, 7) is 3.99. The maximum absolute atomic E-state index is 13.6. The number of aliphatic hydroxyl groups is 2. The zero-order valence-corrected chi connectivity index (χ0v) is 18.5. The van der Waals surface area contributed by atoms with E-state index in [0.717, 1.165) is 23.5 Å². The van der Waals surface area contributed by atoms with Crippen LogP contribution in [0.4, 0.5) is 13.2 Å². The predicted octanol–water partition coefficient (Wildman–Crippen LogP) is 3.31. The molecular formula is C19H20F3N3O4S2. The number of aryl methyl sites for hydroxylation is 1. The van der Waals surface area contributed by atoms with Gasteiger partial charge >= 0.3 is 6.18 Å². The van der Waals surface area contributed by atoms with Crippen LogP contribution in [0.15, 0.2) is 23.1 Å². The lowest BCUT2D eigenvalue weighted by Gasteiger charge is -2.19. The summed E-state index contributed by atoms with van der Waals surface area (Å²) in [6.07, 6.45) is -4.68. The molecule has 1 aliphatic carbocycles. The van der Waals surface area contributed by atoms with Crippen LogP contribution in [0.1, 0.15) is 43.0 Å². The number of benzene rings is 1. The highest BCUT2D eigenvalue weighted by Crippen LogP contribution is 2.49. The monoisotopic (exact) mass is 475 g/mol. The fraction of sp³-hybridized carbons (Fsp3) is 0.474. The van der Waals surface area contributed by atoms with Gasteiger partial charge in [-0.05, 0) is 45.7 Å². The first-order valence-corrected chi connectivity index (χ1v) is 11.7. The van der Waals surface area contributed by atoms with Crippen molar-refractivity contribution in [3.8, 4) is 11.3 Å². The van der Waals surface area contributed by atoms with Gasteiger partial charge in [0.15, 0.2) is 9.84 Å². The summed E-state index contributed by atoms with van der Waals surface area (Å²) >= 11 is 1.13. The van der Waals surface area contributed by atoms with Gasteiger partial charge in [-0.2, -0.15) is 18.3 Å². The van der Waals surface area contributed by atoms with E-state index in [4.69, 9.17) is 0 Å². The highest BCUT2D eigenvalue weighted by Gasteiger charge is 2.56. The molecule has 0 saturated heterocycles. The van der Waals surface area contributed by atoms with Gasteiger partial charge in [0, 0.05) is 5.56 Å². The Balaban J connectivity index is 1.96. The number of halogens is 3. The van der Waals surface area contributed by atoms with Crippen molar-refractivity contribution in [2.24, 2.45) is 0 Å². The lowest BCUT2D eigenvalue weighted by atomic mass is 10.1. The molecule has 0 aliphatic heterocycles. The minimum absolute atomic E-state index is 0.102. The van der Waals surface area contributed by atoms with Crippen LogP contribution in [0.3, 0.4) is 0 Å². The topological polar surface area (TPSA) is 105 Å². The molecule has 12 heteroatoms. The Bertz CT molecular complexity index is 1280. The van der Waals surface area contributed by atoms with Crippen molar-refractivity contribution in [2.45, 2.75) is 55.0 Å². The molecule has 2 aromatic heterocycles. The molecule has 168 valence electrons. The molecule has 7 nitrogen and oxygen atoms in total. The van der Waals surface area contributed by atoms with Gasteiger partial charge in [0.25, 0.3) is 0 Å². The summed E-state index contributed by atoms with van der Waals surface area (Å²) in [5.41, 5.74) is -1.54. The number of nitrogens with zero attached hydrogens (tertiary/aromatic N) is 3. The smallest absolute Gasteiger partial charge is 0.395 e. The maximum atomic E-state index is 13.6. The van der Waals surface area contributed by atoms with Gasteiger partial charge in [-0.15, -0.1) is 0 Å². The number of fused-ring (bicyclic) bond motifs is 1. The molecule has 1 aliphatic rings. The zero-order valence-electron chi connectivity index (χ0n) is 16.9. The van der Waals surface area contributed by atoms with Crippen molar-refractivity contribution < 1.29 is 31.8 Å². The highest BCUT2D eigenvalue weighted by atomic mass is 32.2. The van der Waals surface area contributed by atoms with Gasteiger partial charge in [-0.25, -0.2) is 17.9 Å². The molecule has 1 aromatic carbocycles. The Labute approximate surface area is 180 Å². The molecule has 0 radical (unpaired) electrons. The third-order valence-corrected chi connectivity index (χ3v) is 9.23. The fourth-order valence-corrected chi connectivity index (χ4v) is 6.42. The van der Waals surface area contributed by atoms with E-state index in [1.807, 2.05) is 0 Å². The molecule has 2 N–H and O–H groups in total. The van der Waals surface area contributed by atoms with Gasteiger partial charge in [0.2, 0.25) is 4.96 Å². The Kier molecular flexibility index (Phi) is 4.82. The van der Waals surface area contributed by atoms with Crippen molar-refractivity contribution in [3.63, 3.8) is 0 Å². The Morgan fingerprint density at radius 3 is 2.42 bits per heavy atom. The van der Waals surface area contributed by atoms with Crippen LogP contribution < -0.4 is 0 Å². The van der Waals surface area contributed by atoms with Crippen LogP contribution in [0, 0.1) is 6.92 Å². The number of hydrogen-bond acceptors (Lipinski definition) is 7. The molecule has 0 amide bonds. The molecule has 0 spiro atoms. The Morgan fingerprint density at radius 2 is 1.90 bits per heavy atom. The Morgan fingerprint density at radius 1 is 1.26 bits per heavy atom. The van der Waals surface area contributed by atoms with Crippen molar-refractivity contribution >= 4 is 26.1 Å². The normalized spacial score (nSPS) is 16.8. The SMILES string of the molecule is Cc1nc2sc(C(C)(C)O)nn2c1-c1ccc(C(F)(F)F)c(S(=O)(=O)C2(CO)CC2)c1. The molecule has 3 aromatic rings. The molecular weight excluding hydrogens is 455 g/mol. The van der Waals surface area contributed by atoms with Crippen LogP contribution in [-0.4, -0.2) is 44.6 Å². The van der Waals surface area contributed by atoms with Crippen LogP contribution in [0.5, 0.6) is 0 Å². The average molecular weight is 476 g/mol. The van der Waals surface area contributed by atoms with Crippen LogP contribution in [0.2, 0.25) is 0 Å². The predicted molar refractivity (Wildman–Crippen MR) is 108 cm³/mol. The summed E-state index contributed by atoms with van der Waals surface area (Å²) in [6, 6.07) is 2.89. The molecule has 1 saturated carbocycles. The lowest BCUT2D eigenvalue weighted by molar-refractivity contribution is -0.139. The van der Waals surface area contributed by atoms with Gasteiger partial charge in [-0.3, -0.25) is 0 Å². The van der Waals surface area contributed by atoms with E-state index in [2.05, 4.69) is 10.1 Å². The van der Waals surface area contributed by atoms with Crippen molar-refractivity contribution in [2.75, 3.05) is 6.61 Å². The summed E-state index contributed by atoms with van der Waals surface area (Å²) in [4.78, 5) is 3.92. The van der Waals surface area contributed by atoms with E-state index in [-0.39, 0.29) is 18.4 Å². The van der Waals surface area contributed by atoms with Crippen LogP contribution in [-0.2, 0) is 21.6 Å². The summed E-state index contributed by atoms with van der Waals surface area (Å²) in [5, 5.41) is 24.5. The van der Waals surface area contributed by atoms with E-state index in [1.165, 1.54) is 10.6 Å². The van der Waals surface area contributed by atoms with Gasteiger partial charge in [0.05, 0.1) is 33.2 Å². The van der Waals surface area contributed by atoms with Gasteiger partial charge < -0.3 is 10.2 Å². The molecule has 0 atom stereocenters. The van der Waals surface area contributed by atoms with Crippen LogP contribution >= 0.6 is 11.3 Å². The van der Waals surface area contributed by atoms with E-state index in [0.29, 0.717) is 21.4 Å². The minimum atomic E-state index is -4.89. The minimum Gasteiger partial charge on any atom is -0.395 e. The first-order valence-electron chi connectivity index (χ1n) is 9.37. The number of alkyl halides is 3. The first kappa shape index (κ1) is 22.2. The average Bonchev–Trinajstić information content (AvgIpc) is 3.27. The standard InChI is InChI=1S/C19H20F3N3O4S2/c1-10-14(25-16(23-10)30-15(24-25)17(2,3)27)11-4-5-12(19(20,21)22)13(8-11)31(28,29)18(9-26)6-7-18/h4-5,8,26-27H,6-7,9H2,1-3H3. The largest absolute Gasteiger partial charge is 0.417 e. The second-order valence-corrected chi connectivity index (χ2v) is 11.5. The number of hydrogen-bond donors (Lipinski definition) is 2. The van der Waals surface area contributed by atoms with Crippen molar-refractivity contribution in [3.05, 3.63) is 34.5 Å². The third-order valence-electron chi connectivity index (χ3n) is 5.42. The third kappa shape index (κ3) is 3.45. The molecule has 0 unspecified atom stereocenters. The summed E-state index contributed by atoms with van der Waals surface area (Å²) in [5.74, 6) is 0. The zero-order chi connectivity index (χ0) is 23.0. The van der Waals surface area contributed by atoms with Crippen molar-refractivity contribution in [1.29, 1.82) is 0 Å². The van der Waals surface area contributed by atoms with E-state index in [9.17, 15) is 31.8 Å². The number of rotatable bonds is 5. The number of aromatic nitrogens is 3. The second-order valence-electron chi connectivity index (χ2n) is 8.26.